The van der Waals surface area contributed by atoms with Gasteiger partial charge in [-0.1, -0.05) is 117 Å². The number of methoxy groups -OCH3 is 1. The van der Waals surface area contributed by atoms with E-state index in [1.165, 1.54) is 103 Å². The van der Waals surface area contributed by atoms with E-state index < -0.39 is 6.09 Å². The van der Waals surface area contributed by atoms with Gasteiger partial charge < -0.3 is 29.0 Å². The molecule has 228 valence electrons. The quantitative estimate of drug-likeness (QED) is 0.0895. The van der Waals surface area contributed by atoms with Crippen LogP contribution in [0.5, 0.6) is 0 Å². The summed E-state index contributed by atoms with van der Waals surface area (Å²) in [5, 5.41) is 2.71. The third-order valence-corrected chi connectivity index (χ3v) is 6.65. The molecular formula is C31H63NO6. The van der Waals surface area contributed by atoms with Crippen LogP contribution in [0.15, 0.2) is 0 Å². The lowest BCUT2D eigenvalue weighted by Crippen LogP contribution is -2.33. The number of unbranched alkanes of at least 4 members (excludes halogenated alkanes) is 16. The van der Waals surface area contributed by atoms with Crippen molar-refractivity contribution < 1.29 is 28.5 Å². The monoisotopic (exact) mass is 545 g/mol. The van der Waals surface area contributed by atoms with Crippen molar-refractivity contribution in [2.24, 2.45) is 0 Å². The third kappa shape index (κ3) is 29.7. The number of carbonyl (C=O) groups excluding carboxylic acids is 1. The first-order valence-electron chi connectivity index (χ1n) is 15.9. The van der Waals surface area contributed by atoms with E-state index in [2.05, 4.69) is 19.2 Å². The van der Waals surface area contributed by atoms with Crippen molar-refractivity contribution >= 4 is 6.09 Å². The molecule has 0 aliphatic carbocycles. The molecule has 0 aliphatic heterocycles. The zero-order valence-corrected chi connectivity index (χ0v) is 25.4. The van der Waals surface area contributed by atoms with Gasteiger partial charge in [-0.2, -0.15) is 0 Å². The molecule has 0 heterocycles. The molecular weight excluding hydrogens is 482 g/mol. The lowest BCUT2D eigenvalue weighted by atomic mass is 10.1. The number of amides is 1. The smallest absolute Gasteiger partial charge is 0.407 e. The van der Waals surface area contributed by atoms with Crippen molar-refractivity contribution in [3.8, 4) is 0 Å². The second kappa shape index (κ2) is 32.3. The van der Waals surface area contributed by atoms with Gasteiger partial charge in [0.15, 0.2) is 0 Å². The fourth-order valence-corrected chi connectivity index (χ4v) is 4.23. The molecule has 0 radical (unpaired) electrons. The topological polar surface area (TPSA) is 75.3 Å². The highest BCUT2D eigenvalue weighted by molar-refractivity contribution is 5.67. The Morgan fingerprint density at radius 2 is 1.11 bits per heavy atom. The van der Waals surface area contributed by atoms with E-state index in [1.807, 2.05) is 0 Å². The number of nitrogens with one attached hydrogen (secondary N) is 1. The summed E-state index contributed by atoms with van der Waals surface area (Å²) in [5.41, 5.74) is 0. The summed E-state index contributed by atoms with van der Waals surface area (Å²) >= 11 is 0. The minimum absolute atomic E-state index is 0.200. The van der Waals surface area contributed by atoms with Crippen molar-refractivity contribution in [3.05, 3.63) is 0 Å². The van der Waals surface area contributed by atoms with Crippen molar-refractivity contribution in [1.29, 1.82) is 0 Å². The standard InChI is InChI=1S/C31H63NO6/c1-4-6-8-10-12-13-14-15-16-17-19-21-24-37-30(28-36-23-20-18-11-9-7-5-2)29-38-31(33)32-22-25-35-27-26-34-3/h30H,4-29H2,1-3H3,(H,32,33). The van der Waals surface area contributed by atoms with Gasteiger partial charge in [0, 0.05) is 26.9 Å². The molecule has 1 atom stereocenters. The fraction of sp³-hybridized carbons (Fsp3) is 0.968. The van der Waals surface area contributed by atoms with Crippen molar-refractivity contribution in [1.82, 2.24) is 5.32 Å². The molecule has 7 nitrogen and oxygen atoms in total. The summed E-state index contributed by atoms with van der Waals surface area (Å²) in [6.07, 6.45) is 22.6. The van der Waals surface area contributed by atoms with Crippen LogP contribution in [0.2, 0.25) is 0 Å². The molecule has 0 fully saturated rings. The molecule has 0 bridgehead atoms. The van der Waals surface area contributed by atoms with E-state index >= 15 is 0 Å². The minimum Gasteiger partial charge on any atom is -0.447 e. The summed E-state index contributed by atoms with van der Waals surface area (Å²) in [6.45, 7) is 8.47. The summed E-state index contributed by atoms with van der Waals surface area (Å²) in [7, 11) is 1.63. The molecule has 1 N–H and O–H groups in total. The van der Waals surface area contributed by atoms with Crippen LogP contribution < -0.4 is 5.32 Å². The van der Waals surface area contributed by atoms with Gasteiger partial charge in [-0.15, -0.1) is 0 Å². The van der Waals surface area contributed by atoms with Crippen LogP contribution in [0.25, 0.3) is 0 Å². The lowest BCUT2D eigenvalue weighted by Gasteiger charge is -2.18. The Bertz CT molecular complexity index is 466. The molecule has 1 unspecified atom stereocenters. The highest BCUT2D eigenvalue weighted by Crippen LogP contribution is 2.12. The summed E-state index contributed by atoms with van der Waals surface area (Å²) in [6, 6.07) is 0. The molecule has 0 rings (SSSR count). The van der Waals surface area contributed by atoms with Crippen molar-refractivity contribution in [2.45, 2.75) is 136 Å². The first-order valence-corrected chi connectivity index (χ1v) is 15.9. The van der Waals surface area contributed by atoms with Crippen LogP contribution >= 0.6 is 0 Å². The average molecular weight is 546 g/mol. The molecule has 38 heavy (non-hydrogen) atoms. The Balaban J connectivity index is 3.97. The summed E-state index contributed by atoms with van der Waals surface area (Å²) in [5.74, 6) is 0. The second-order valence-corrected chi connectivity index (χ2v) is 10.4. The third-order valence-electron chi connectivity index (χ3n) is 6.65. The molecule has 0 saturated carbocycles. The van der Waals surface area contributed by atoms with Crippen molar-refractivity contribution in [2.75, 3.05) is 59.9 Å². The predicted molar refractivity (Wildman–Crippen MR) is 157 cm³/mol. The first kappa shape index (κ1) is 37.1. The summed E-state index contributed by atoms with van der Waals surface area (Å²) in [4.78, 5) is 12.0. The molecule has 7 heteroatoms. The number of alkyl carbamates (subject to hydrolysis) is 1. The Hall–Kier alpha value is -0.890. The van der Waals surface area contributed by atoms with Gasteiger partial charge >= 0.3 is 6.09 Å². The Kier molecular flexibility index (Phi) is 31.6. The second-order valence-electron chi connectivity index (χ2n) is 10.4. The molecule has 0 aromatic carbocycles. The number of ether oxygens (including phenoxy) is 5. The Morgan fingerprint density at radius 3 is 1.66 bits per heavy atom. The lowest BCUT2D eigenvalue weighted by molar-refractivity contribution is -0.0469. The summed E-state index contributed by atoms with van der Waals surface area (Å²) < 4.78 is 27.6. The van der Waals surface area contributed by atoms with Gasteiger partial charge in [-0.25, -0.2) is 4.79 Å². The Labute approximate surface area is 235 Å². The van der Waals surface area contributed by atoms with Crippen LogP contribution in [-0.4, -0.2) is 72.1 Å². The number of rotatable bonds is 31. The van der Waals surface area contributed by atoms with Gasteiger partial charge in [0.1, 0.15) is 12.7 Å². The minimum atomic E-state index is -0.449. The highest BCUT2D eigenvalue weighted by Gasteiger charge is 2.13. The maximum absolute atomic E-state index is 12.0. The zero-order chi connectivity index (χ0) is 27.8. The molecule has 0 aliphatic rings. The number of hydrogen-bond donors (Lipinski definition) is 1. The number of hydrogen-bond acceptors (Lipinski definition) is 6. The van der Waals surface area contributed by atoms with E-state index in [0.29, 0.717) is 39.6 Å². The van der Waals surface area contributed by atoms with Crippen LogP contribution in [-0.2, 0) is 23.7 Å². The van der Waals surface area contributed by atoms with Crippen LogP contribution in [0.4, 0.5) is 4.79 Å². The van der Waals surface area contributed by atoms with Crippen LogP contribution in [0.1, 0.15) is 129 Å². The van der Waals surface area contributed by atoms with E-state index in [0.717, 1.165) is 19.4 Å². The van der Waals surface area contributed by atoms with Crippen LogP contribution in [0, 0.1) is 0 Å². The highest BCUT2D eigenvalue weighted by atomic mass is 16.6. The largest absolute Gasteiger partial charge is 0.447 e. The maximum Gasteiger partial charge on any atom is 0.407 e. The molecule has 0 aromatic heterocycles. The van der Waals surface area contributed by atoms with Crippen LogP contribution in [0.3, 0.4) is 0 Å². The van der Waals surface area contributed by atoms with E-state index in [-0.39, 0.29) is 12.7 Å². The molecule has 0 saturated heterocycles. The van der Waals surface area contributed by atoms with Gasteiger partial charge in [-0.05, 0) is 12.8 Å². The fourth-order valence-electron chi connectivity index (χ4n) is 4.23. The number of carbonyl (C=O) groups is 1. The molecule has 1 amide bonds. The van der Waals surface area contributed by atoms with Crippen molar-refractivity contribution in [3.63, 3.8) is 0 Å². The van der Waals surface area contributed by atoms with E-state index in [4.69, 9.17) is 23.7 Å². The average Bonchev–Trinajstić information content (AvgIpc) is 2.92. The van der Waals surface area contributed by atoms with Gasteiger partial charge in [-0.3, -0.25) is 0 Å². The molecule has 0 aromatic rings. The maximum atomic E-state index is 12.0. The zero-order valence-electron chi connectivity index (χ0n) is 25.4. The predicted octanol–water partition coefficient (Wildman–Crippen LogP) is 7.84. The van der Waals surface area contributed by atoms with E-state index in [1.54, 1.807) is 7.11 Å². The van der Waals surface area contributed by atoms with E-state index in [9.17, 15) is 4.79 Å². The van der Waals surface area contributed by atoms with Gasteiger partial charge in [0.2, 0.25) is 0 Å². The SMILES string of the molecule is CCCCCCCCCCCCCCOC(COCCCCCCCC)COC(=O)NCCOCCOC. The van der Waals surface area contributed by atoms with Gasteiger partial charge in [0.25, 0.3) is 0 Å². The molecule has 0 spiro atoms. The first-order chi connectivity index (χ1) is 18.7. The Morgan fingerprint density at radius 1 is 0.579 bits per heavy atom. The normalized spacial score (nSPS) is 12.1. The van der Waals surface area contributed by atoms with Gasteiger partial charge in [0.05, 0.1) is 26.4 Å².